The summed E-state index contributed by atoms with van der Waals surface area (Å²) in [5.74, 6) is -2.91. The van der Waals surface area contributed by atoms with E-state index in [4.69, 9.17) is 16.7 Å². The number of carbonyl (C=O) groups excluding carboxylic acids is 4. The second-order valence-corrected chi connectivity index (χ2v) is 11.0. The normalized spacial score (nSPS) is 23.1. The Hall–Kier alpha value is -2.98. The van der Waals surface area contributed by atoms with Gasteiger partial charge in [-0.3, -0.25) is 14.4 Å². The van der Waals surface area contributed by atoms with Crippen LogP contribution in [0, 0.1) is 23.7 Å². The number of hydrogen-bond acceptors (Lipinski definition) is 6. The summed E-state index contributed by atoms with van der Waals surface area (Å²) in [6.07, 6.45) is 1.48. The minimum Gasteiger partial charge on any atom is -0.480 e. The molecule has 2 fully saturated rings. The Bertz CT molecular complexity index is 1050. The number of rotatable bonds is 7. The maximum Gasteiger partial charge on any atom is 0.326 e. The van der Waals surface area contributed by atoms with E-state index in [9.17, 15) is 29.1 Å². The van der Waals surface area contributed by atoms with Crippen molar-refractivity contribution in [1.82, 2.24) is 15.1 Å². The highest BCUT2D eigenvalue weighted by atomic mass is 35.5. The number of aliphatic hydroxyl groups is 1. The largest absolute Gasteiger partial charge is 0.480 e. The zero-order chi connectivity index (χ0) is 28.8. The zero-order valence-electron chi connectivity index (χ0n) is 22.6. The molecule has 1 saturated heterocycles. The lowest BCUT2D eigenvalue weighted by Crippen LogP contribution is -2.53. The van der Waals surface area contributed by atoms with Gasteiger partial charge in [0.05, 0.1) is 17.0 Å². The summed E-state index contributed by atoms with van der Waals surface area (Å²) in [5, 5.41) is 19.6. The van der Waals surface area contributed by atoms with Crippen molar-refractivity contribution in [2.24, 2.45) is 16.7 Å². The van der Waals surface area contributed by atoms with E-state index in [2.05, 4.69) is 5.32 Å². The highest BCUT2D eigenvalue weighted by Gasteiger charge is 2.54. The summed E-state index contributed by atoms with van der Waals surface area (Å²) in [6.45, 7) is 8.38. The molecule has 3 atom stereocenters. The van der Waals surface area contributed by atoms with Crippen LogP contribution < -0.4 is 5.32 Å². The number of halogens is 1. The van der Waals surface area contributed by atoms with Gasteiger partial charge in [-0.05, 0) is 36.8 Å². The number of amides is 3. The maximum atomic E-state index is 13.0. The molecule has 3 N–H and O–H groups in total. The first kappa shape index (κ1) is 31.2. The lowest BCUT2D eigenvalue weighted by atomic mass is 9.66. The summed E-state index contributed by atoms with van der Waals surface area (Å²) in [6, 6.07) is 3.87. The third-order valence-corrected chi connectivity index (χ3v) is 8.54. The van der Waals surface area contributed by atoms with Gasteiger partial charge in [-0.2, -0.15) is 0 Å². The van der Waals surface area contributed by atoms with E-state index in [1.165, 1.54) is 4.90 Å². The average molecular weight is 552 g/mol. The van der Waals surface area contributed by atoms with Gasteiger partial charge < -0.3 is 30.1 Å². The molecule has 0 radical (unpaired) electrons. The molecule has 1 aromatic rings. The fourth-order valence-electron chi connectivity index (χ4n) is 5.19. The van der Waals surface area contributed by atoms with Gasteiger partial charge in [-0.15, -0.1) is 0 Å². The monoisotopic (exact) mass is 551 g/mol. The van der Waals surface area contributed by atoms with E-state index >= 15 is 0 Å². The van der Waals surface area contributed by atoms with E-state index in [0.717, 1.165) is 19.0 Å². The molecule has 1 aromatic carbocycles. The molecule has 11 heteroatoms. The van der Waals surface area contributed by atoms with Gasteiger partial charge in [0.2, 0.25) is 11.8 Å². The number of carboxylic acid groups (broad SMARTS) is 1. The second-order valence-electron chi connectivity index (χ2n) is 10.6. The minimum absolute atomic E-state index is 0.206. The number of benzene rings is 1. The standard InChI is InChI=1S/C26H34ClN3O6.CH4O/c1-16-6-5-7-18(27)21(16)23(34)30-12-10-29(11-13-30)20(32)14-19(24(35)36)28-22(33)17-8-9-26(4,15-31)25(17,2)3;1-2/h5-7,15,17,19H,8-14H2,1-4H3,(H,28,33)(H,35,36);2H,1H3/t17-,19+,26+;/m1./s1. The smallest absolute Gasteiger partial charge is 0.326 e. The lowest BCUT2D eigenvalue weighted by molar-refractivity contribution is -0.147. The molecule has 1 saturated carbocycles. The summed E-state index contributed by atoms with van der Waals surface area (Å²) < 4.78 is 0. The molecule has 1 heterocycles. The number of hydrogen-bond donors (Lipinski definition) is 3. The molecule has 10 nitrogen and oxygen atoms in total. The maximum absolute atomic E-state index is 13.0. The average Bonchev–Trinajstić information content (AvgIpc) is 3.13. The highest BCUT2D eigenvalue weighted by molar-refractivity contribution is 6.34. The minimum atomic E-state index is -1.38. The molecule has 1 aliphatic carbocycles. The van der Waals surface area contributed by atoms with E-state index in [1.807, 2.05) is 33.8 Å². The van der Waals surface area contributed by atoms with Crippen molar-refractivity contribution in [3.05, 3.63) is 34.3 Å². The number of carboxylic acids is 1. The van der Waals surface area contributed by atoms with Gasteiger partial charge in [0.15, 0.2) is 0 Å². The van der Waals surface area contributed by atoms with E-state index in [-0.39, 0.29) is 19.0 Å². The van der Waals surface area contributed by atoms with Gasteiger partial charge in [0.1, 0.15) is 12.3 Å². The molecule has 3 rings (SSSR count). The van der Waals surface area contributed by atoms with Crippen molar-refractivity contribution in [2.45, 2.75) is 53.0 Å². The van der Waals surface area contributed by atoms with Crippen LogP contribution >= 0.6 is 11.6 Å². The Labute approximate surface area is 228 Å². The van der Waals surface area contributed by atoms with E-state index in [1.54, 1.807) is 17.0 Å². The van der Waals surface area contributed by atoms with Gasteiger partial charge in [0.25, 0.3) is 5.91 Å². The summed E-state index contributed by atoms with van der Waals surface area (Å²) in [4.78, 5) is 65.4. The van der Waals surface area contributed by atoms with Crippen LogP contribution in [0.4, 0.5) is 0 Å². The fraction of sp³-hybridized carbons (Fsp3) is 0.593. The van der Waals surface area contributed by atoms with Crippen LogP contribution in [-0.4, -0.2) is 89.3 Å². The molecular formula is C27H38ClN3O7. The van der Waals surface area contributed by atoms with Crippen molar-refractivity contribution in [2.75, 3.05) is 33.3 Å². The number of piperazine rings is 1. The predicted octanol–water partition coefficient (Wildman–Crippen LogP) is 2.14. The van der Waals surface area contributed by atoms with Crippen LogP contribution in [0.25, 0.3) is 0 Å². The van der Waals surface area contributed by atoms with Crippen molar-refractivity contribution in [1.29, 1.82) is 0 Å². The summed E-state index contributed by atoms with van der Waals surface area (Å²) in [7, 11) is 1.00. The van der Waals surface area contributed by atoms with Gasteiger partial charge >= 0.3 is 5.97 Å². The zero-order valence-corrected chi connectivity index (χ0v) is 23.4. The number of aliphatic carboxylic acids is 1. The van der Waals surface area contributed by atoms with E-state index < -0.39 is 47.0 Å². The second kappa shape index (κ2) is 12.7. The molecule has 0 unspecified atom stereocenters. The number of nitrogens with zero attached hydrogens (tertiary/aromatic N) is 2. The number of carbonyl (C=O) groups is 5. The Morgan fingerprint density at radius 1 is 1.11 bits per heavy atom. The molecule has 0 spiro atoms. The number of aryl methyl sites for hydroxylation is 1. The molecule has 1 aliphatic heterocycles. The molecule has 2 aliphatic rings. The molecule has 210 valence electrons. The highest BCUT2D eigenvalue weighted by Crippen LogP contribution is 2.54. The molecular weight excluding hydrogens is 514 g/mol. The first-order valence-corrected chi connectivity index (χ1v) is 13.0. The van der Waals surface area contributed by atoms with Crippen molar-refractivity contribution in [3.63, 3.8) is 0 Å². The first-order chi connectivity index (χ1) is 17.8. The predicted molar refractivity (Wildman–Crippen MR) is 142 cm³/mol. The van der Waals surface area contributed by atoms with Crippen molar-refractivity contribution < 1.29 is 34.2 Å². The van der Waals surface area contributed by atoms with Crippen molar-refractivity contribution in [3.8, 4) is 0 Å². The topological polar surface area (TPSA) is 144 Å². The van der Waals surface area contributed by atoms with Crippen LogP contribution in [0.5, 0.6) is 0 Å². The van der Waals surface area contributed by atoms with Crippen LogP contribution in [0.3, 0.4) is 0 Å². The van der Waals surface area contributed by atoms with Crippen LogP contribution in [0.15, 0.2) is 18.2 Å². The number of aldehydes is 1. The molecule has 0 bridgehead atoms. The third-order valence-electron chi connectivity index (χ3n) is 8.22. The summed E-state index contributed by atoms with van der Waals surface area (Å²) in [5.41, 5.74) is -0.115. The Balaban J connectivity index is 0.00000247. The van der Waals surface area contributed by atoms with Gasteiger partial charge in [-0.25, -0.2) is 4.79 Å². The van der Waals surface area contributed by atoms with Crippen LogP contribution in [-0.2, 0) is 19.2 Å². The lowest BCUT2D eigenvalue weighted by Gasteiger charge is -2.37. The molecule has 3 amide bonds. The summed E-state index contributed by atoms with van der Waals surface area (Å²) >= 11 is 6.22. The first-order valence-electron chi connectivity index (χ1n) is 12.6. The number of nitrogens with one attached hydrogen (secondary N) is 1. The quantitative estimate of drug-likeness (QED) is 0.440. The van der Waals surface area contributed by atoms with Gasteiger partial charge in [0, 0.05) is 44.6 Å². The van der Waals surface area contributed by atoms with Crippen LogP contribution in [0.2, 0.25) is 5.02 Å². The fourth-order valence-corrected chi connectivity index (χ4v) is 5.49. The van der Waals surface area contributed by atoms with Crippen molar-refractivity contribution >= 4 is 41.6 Å². The third kappa shape index (κ3) is 6.35. The Kier molecular flexibility index (Phi) is 10.4. The number of aliphatic hydroxyl groups excluding tert-OH is 1. The molecule has 38 heavy (non-hydrogen) atoms. The van der Waals surface area contributed by atoms with Gasteiger partial charge in [-0.1, -0.05) is 44.5 Å². The molecule has 0 aromatic heterocycles. The van der Waals surface area contributed by atoms with Crippen LogP contribution in [0.1, 0.15) is 56.0 Å². The Morgan fingerprint density at radius 3 is 2.18 bits per heavy atom. The Morgan fingerprint density at radius 2 is 1.68 bits per heavy atom. The van der Waals surface area contributed by atoms with E-state index in [0.29, 0.717) is 36.5 Å². The SMILES string of the molecule is CO.Cc1cccc(Cl)c1C(=O)N1CCN(C(=O)C[C@H](NC(=O)[C@H]2CC[C@@](C)(C=O)C2(C)C)C(=O)O)CC1.